The first-order chi connectivity index (χ1) is 13.2. The zero-order valence-corrected chi connectivity index (χ0v) is 16.4. The molecule has 0 spiro atoms. The minimum Gasteiger partial charge on any atom is -0.483 e. The normalized spacial score (nSPS) is 15.5. The van der Waals surface area contributed by atoms with Gasteiger partial charge in [0.1, 0.15) is 5.75 Å². The second-order valence-electron chi connectivity index (χ2n) is 7.23. The number of amides is 1. The largest absolute Gasteiger partial charge is 0.483 e. The van der Waals surface area contributed by atoms with Gasteiger partial charge in [-0.05, 0) is 36.6 Å². The topological polar surface area (TPSA) is 32.8 Å². The van der Waals surface area contributed by atoms with Crippen molar-refractivity contribution in [3.63, 3.8) is 0 Å². The van der Waals surface area contributed by atoms with Crippen LogP contribution in [-0.2, 0) is 11.2 Å². The molecule has 3 rings (SSSR count). The van der Waals surface area contributed by atoms with E-state index in [1.54, 1.807) is 0 Å². The number of carbonyl (C=O) groups excluding carboxylic acids is 1. The van der Waals surface area contributed by atoms with Crippen molar-refractivity contribution in [2.45, 2.75) is 32.2 Å². The maximum absolute atomic E-state index is 12.6. The third-order valence-corrected chi connectivity index (χ3v) is 5.51. The zero-order valence-electron chi connectivity index (χ0n) is 16.4. The highest BCUT2D eigenvalue weighted by atomic mass is 16.5. The van der Waals surface area contributed by atoms with Crippen molar-refractivity contribution >= 4 is 5.91 Å². The molecule has 1 aliphatic rings. The van der Waals surface area contributed by atoms with E-state index < -0.39 is 0 Å². The summed E-state index contributed by atoms with van der Waals surface area (Å²) in [4.78, 5) is 16.9. The molecule has 1 amide bonds. The SMILES string of the molecule is CCN1CCC(N(C)C(=O)COc2ccccc2Cc2ccccc2)CC1. The number of ether oxygens (including phenoxy) is 1. The lowest BCUT2D eigenvalue weighted by Crippen LogP contribution is -2.46. The Hall–Kier alpha value is -2.33. The van der Waals surface area contributed by atoms with Crippen molar-refractivity contribution in [3.05, 3.63) is 65.7 Å². The van der Waals surface area contributed by atoms with E-state index in [0.29, 0.717) is 6.04 Å². The fraction of sp³-hybridized carbons (Fsp3) is 0.435. The van der Waals surface area contributed by atoms with E-state index >= 15 is 0 Å². The van der Waals surface area contributed by atoms with Gasteiger partial charge in [0.05, 0.1) is 0 Å². The number of hydrogen-bond donors (Lipinski definition) is 0. The standard InChI is InChI=1S/C23H30N2O2/c1-3-25-15-13-21(14-16-25)24(2)23(26)18-27-22-12-8-7-11-20(22)17-19-9-5-4-6-10-19/h4-12,21H,3,13-18H2,1-2H3. The number of benzene rings is 2. The molecule has 0 atom stereocenters. The number of carbonyl (C=O) groups is 1. The Morgan fingerprint density at radius 3 is 2.44 bits per heavy atom. The van der Waals surface area contributed by atoms with Gasteiger partial charge in [0.2, 0.25) is 0 Å². The summed E-state index contributed by atoms with van der Waals surface area (Å²) in [6, 6.07) is 18.6. The molecule has 144 valence electrons. The van der Waals surface area contributed by atoms with E-state index in [4.69, 9.17) is 4.74 Å². The van der Waals surface area contributed by atoms with Crippen LogP contribution in [0.4, 0.5) is 0 Å². The number of para-hydroxylation sites is 1. The van der Waals surface area contributed by atoms with Crippen molar-refractivity contribution in [2.75, 3.05) is 33.3 Å². The maximum atomic E-state index is 12.6. The van der Waals surface area contributed by atoms with Crippen LogP contribution in [0.5, 0.6) is 5.75 Å². The van der Waals surface area contributed by atoms with Crippen molar-refractivity contribution < 1.29 is 9.53 Å². The second-order valence-corrected chi connectivity index (χ2v) is 7.23. The number of likely N-dealkylation sites (N-methyl/N-ethyl adjacent to an activating group) is 1. The third-order valence-electron chi connectivity index (χ3n) is 5.51. The number of rotatable bonds is 7. The van der Waals surface area contributed by atoms with Crippen molar-refractivity contribution in [1.82, 2.24) is 9.80 Å². The lowest BCUT2D eigenvalue weighted by atomic mass is 10.0. The third kappa shape index (κ3) is 5.33. The number of hydrogen-bond acceptors (Lipinski definition) is 3. The molecule has 27 heavy (non-hydrogen) atoms. The quantitative estimate of drug-likeness (QED) is 0.751. The lowest BCUT2D eigenvalue weighted by molar-refractivity contribution is -0.135. The Balaban J connectivity index is 1.56. The van der Waals surface area contributed by atoms with Gasteiger partial charge in [0.15, 0.2) is 6.61 Å². The molecule has 0 saturated carbocycles. The fourth-order valence-corrected chi connectivity index (χ4v) is 3.67. The van der Waals surface area contributed by atoms with Gasteiger partial charge in [-0.3, -0.25) is 4.79 Å². The highest BCUT2D eigenvalue weighted by molar-refractivity contribution is 5.77. The van der Waals surface area contributed by atoms with E-state index in [2.05, 4.69) is 30.0 Å². The van der Waals surface area contributed by atoms with Crippen LogP contribution in [0.15, 0.2) is 54.6 Å². The average molecular weight is 367 g/mol. The molecule has 2 aromatic rings. The predicted molar refractivity (Wildman–Crippen MR) is 109 cm³/mol. The van der Waals surface area contributed by atoms with E-state index in [-0.39, 0.29) is 12.5 Å². The summed E-state index contributed by atoms with van der Waals surface area (Å²) in [6.45, 7) is 5.51. The summed E-state index contributed by atoms with van der Waals surface area (Å²) in [7, 11) is 1.91. The van der Waals surface area contributed by atoms with Crippen LogP contribution in [0.3, 0.4) is 0 Å². The fourth-order valence-electron chi connectivity index (χ4n) is 3.67. The molecule has 1 heterocycles. The summed E-state index contributed by atoms with van der Waals surface area (Å²) in [6.07, 6.45) is 2.89. The average Bonchev–Trinajstić information content (AvgIpc) is 2.73. The number of nitrogens with zero attached hydrogens (tertiary/aromatic N) is 2. The molecule has 0 unspecified atom stereocenters. The Bertz CT molecular complexity index is 724. The van der Waals surface area contributed by atoms with Crippen LogP contribution in [0.1, 0.15) is 30.9 Å². The maximum Gasteiger partial charge on any atom is 0.260 e. The number of likely N-dealkylation sites (tertiary alicyclic amines) is 1. The Labute approximate surface area is 162 Å². The zero-order chi connectivity index (χ0) is 19.1. The van der Waals surface area contributed by atoms with Crippen LogP contribution in [0, 0.1) is 0 Å². The van der Waals surface area contributed by atoms with E-state index in [0.717, 1.165) is 50.2 Å². The molecular formula is C23H30N2O2. The molecule has 4 heteroatoms. The van der Waals surface area contributed by atoms with Gasteiger partial charge >= 0.3 is 0 Å². The molecular weight excluding hydrogens is 336 g/mol. The molecule has 4 nitrogen and oxygen atoms in total. The minimum atomic E-state index is 0.0551. The van der Waals surface area contributed by atoms with Gasteiger partial charge in [-0.25, -0.2) is 0 Å². The van der Waals surface area contributed by atoms with Crippen LogP contribution in [0.25, 0.3) is 0 Å². The van der Waals surface area contributed by atoms with Gasteiger partial charge in [-0.2, -0.15) is 0 Å². The molecule has 1 aliphatic heterocycles. The van der Waals surface area contributed by atoms with Crippen LogP contribution < -0.4 is 4.74 Å². The first kappa shape index (κ1) is 19.4. The van der Waals surface area contributed by atoms with Crippen LogP contribution in [-0.4, -0.2) is 55.0 Å². The lowest BCUT2D eigenvalue weighted by Gasteiger charge is -2.36. The summed E-state index contributed by atoms with van der Waals surface area (Å²) in [5, 5.41) is 0. The molecule has 0 radical (unpaired) electrons. The highest BCUT2D eigenvalue weighted by Gasteiger charge is 2.25. The summed E-state index contributed by atoms with van der Waals surface area (Å²) in [5.41, 5.74) is 2.34. The smallest absolute Gasteiger partial charge is 0.260 e. The van der Waals surface area contributed by atoms with E-state index in [1.807, 2.05) is 48.3 Å². The summed E-state index contributed by atoms with van der Waals surface area (Å²) >= 11 is 0. The van der Waals surface area contributed by atoms with Crippen molar-refractivity contribution in [1.29, 1.82) is 0 Å². The van der Waals surface area contributed by atoms with Gasteiger partial charge < -0.3 is 14.5 Å². The van der Waals surface area contributed by atoms with E-state index in [9.17, 15) is 4.79 Å². The van der Waals surface area contributed by atoms with Gasteiger partial charge in [0, 0.05) is 32.6 Å². The van der Waals surface area contributed by atoms with Crippen molar-refractivity contribution in [2.24, 2.45) is 0 Å². The summed E-state index contributed by atoms with van der Waals surface area (Å²) < 4.78 is 5.92. The molecule has 2 aromatic carbocycles. The predicted octanol–water partition coefficient (Wildman–Crippen LogP) is 3.60. The van der Waals surface area contributed by atoms with Crippen LogP contribution >= 0.6 is 0 Å². The first-order valence-corrected chi connectivity index (χ1v) is 9.90. The van der Waals surface area contributed by atoms with Crippen molar-refractivity contribution in [3.8, 4) is 5.75 Å². The molecule has 0 N–H and O–H groups in total. The van der Waals surface area contributed by atoms with Gasteiger partial charge in [-0.15, -0.1) is 0 Å². The van der Waals surface area contributed by atoms with Gasteiger partial charge in [-0.1, -0.05) is 55.5 Å². The molecule has 0 bridgehead atoms. The Morgan fingerprint density at radius 1 is 1.07 bits per heavy atom. The second kappa shape index (κ2) is 9.56. The Kier molecular flexibility index (Phi) is 6.88. The van der Waals surface area contributed by atoms with Crippen LogP contribution in [0.2, 0.25) is 0 Å². The number of piperidine rings is 1. The molecule has 0 aliphatic carbocycles. The van der Waals surface area contributed by atoms with Gasteiger partial charge in [0.25, 0.3) is 5.91 Å². The summed E-state index contributed by atoms with van der Waals surface area (Å²) in [5.74, 6) is 0.850. The molecule has 1 fully saturated rings. The highest BCUT2D eigenvalue weighted by Crippen LogP contribution is 2.22. The molecule has 0 aromatic heterocycles. The minimum absolute atomic E-state index is 0.0551. The van der Waals surface area contributed by atoms with E-state index in [1.165, 1.54) is 5.56 Å². The molecule has 1 saturated heterocycles. The Morgan fingerprint density at radius 2 is 1.74 bits per heavy atom. The monoisotopic (exact) mass is 366 g/mol. The first-order valence-electron chi connectivity index (χ1n) is 9.90.